The summed E-state index contributed by atoms with van der Waals surface area (Å²) in [5, 5.41) is 5.41. The third-order valence-electron chi connectivity index (χ3n) is 6.76. The van der Waals surface area contributed by atoms with Gasteiger partial charge in [0.25, 0.3) is 5.91 Å². The first kappa shape index (κ1) is 30.6. The Morgan fingerprint density at radius 1 is 1.17 bits per heavy atom. The predicted molar refractivity (Wildman–Crippen MR) is 155 cm³/mol. The fourth-order valence-corrected chi connectivity index (χ4v) is 4.97. The van der Waals surface area contributed by atoms with E-state index in [1.807, 2.05) is 0 Å². The third-order valence-corrected chi connectivity index (χ3v) is 7.06. The van der Waals surface area contributed by atoms with Gasteiger partial charge in [-0.1, -0.05) is 30.3 Å². The van der Waals surface area contributed by atoms with E-state index in [-0.39, 0.29) is 54.9 Å². The number of piperidine rings is 1. The van der Waals surface area contributed by atoms with Crippen LogP contribution in [-0.4, -0.2) is 59.9 Å². The van der Waals surface area contributed by atoms with Crippen LogP contribution in [0, 0.1) is 0 Å². The summed E-state index contributed by atoms with van der Waals surface area (Å²) in [4.78, 5) is 65.7. The van der Waals surface area contributed by atoms with Crippen LogP contribution in [0.4, 0.5) is 10.5 Å². The second-order valence-corrected chi connectivity index (χ2v) is 11.5. The van der Waals surface area contributed by atoms with Gasteiger partial charge in [0.15, 0.2) is 0 Å². The number of urea groups is 1. The van der Waals surface area contributed by atoms with Crippen molar-refractivity contribution < 1.29 is 33.4 Å². The van der Waals surface area contributed by atoms with Gasteiger partial charge in [-0.2, -0.15) is 0 Å². The number of methoxy groups -OCH3 is 1. The summed E-state index contributed by atoms with van der Waals surface area (Å²) in [6, 6.07) is 8.74. The number of rotatable bonds is 8. The number of ether oxygens (including phenoxy) is 2. The van der Waals surface area contributed by atoms with Crippen molar-refractivity contribution in [3.8, 4) is 5.75 Å². The number of amides is 5. The minimum Gasteiger partial charge on any atom is -0.495 e. The van der Waals surface area contributed by atoms with Crippen molar-refractivity contribution in [3.63, 3.8) is 0 Å². The summed E-state index contributed by atoms with van der Waals surface area (Å²) in [7, 11) is 1.48. The average molecular weight is 597 g/mol. The number of nitrogens with zero attached hydrogens (tertiary/aromatic N) is 2. The molecule has 4 rings (SSSR count). The number of anilines is 1. The van der Waals surface area contributed by atoms with Crippen LogP contribution < -0.4 is 20.3 Å². The Morgan fingerprint density at radius 3 is 2.55 bits per heavy atom. The lowest BCUT2D eigenvalue weighted by molar-refractivity contribution is -0.149. The second-order valence-electron chi connectivity index (χ2n) is 11.1. The minimum atomic E-state index is -0.737. The Morgan fingerprint density at radius 2 is 1.90 bits per heavy atom. The summed E-state index contributed by atoms with van der Waals surface area (Å²) in [5.41, 5.74) is 1.64. The Kier molecular flexibility index (Phi) is 8.91. The van der Waals surface area contributed by atoms with Crippen molar-refractivity contribution >= 4 is 47.0 Å². The lowest BCUT2D eigenvalue weighted by Crippen LogP contribution is -2.52. The summed E-state index contributed by atoms with van der Waals surface area (Å²) >= 11 is 6.32. The molecule has 1 unspecified atom stereocenters. The number of imide groups is 1. The van der Waals surface area contributed by atoms with Gasteiger partial charge in [-0.05, 0) is 62.6 Å². The van der Waals surface area contributed by atoms with E-state index in [2.05, 4.69) is 17.2 Å². The largest absolute Gasteiger partial charge is 0.495 e. The topological polar surface area (TPSA) is 134 Å². The number of carbonyl (C=O) groups is 5. The molecule has 2 N–H and O–H groups in total. The second kappa shape index (κ2) is 12.2. The molecule has 2 heterocycles. The Bertz CT molecular complexity index is 1470. The van der Waals surface area contributed by atoms with Gasteiger partial charge in [0.1, 0.15) is 17.4 Å². The molecule has 2 aromatic carbocycles. The maximum atomic E-state index is 13.4. The van der Waals surface area contributed by atoms with Crippen LogP contribution in [-0.2, 0) is 32.2 Å². The smallest absolute Gasteiger partial charge is 0.335 e. The molecule has 5 amide bonds. The van der Waals surface area contributed by atoms with Gasteiger partial charge in [-0.25, -0.2) is 9.59 Å². The van der Waals surface area contributed by atoms with Crippen molar-refractivity contribution in [2.75, 3.05) is 18.6 Å². The number of hydrogen-bond acceptors (Lipinski definition) is 7. The molecule has 12 heteroatoms. The van der Waals surface area contributed by atoms with Gasteiger partial charge in [0.2, 0.25) is 11.8 Å². The van der Waals surface area contributed by atoms with E-state index in [9.17, 15) is 24.0 Å². The molecule has 0 bridgehead atoms. The van der Waals surface area contributed by atoms with Crippen LogP contribution in [0.2, 0.25) is 5.02 Å². The molecule has 1 saturated heterocycles. The van der Waals surface area contributed by atoms with Gasteiger partial charge >= 0.3 is 12.0 Å². The molecule has 1 fully saturated rings. The lowest BCUT2D eigenvalue weighted by Gasteiger charge is -2.29. The summed E-state index contributed by atoms with van der Waals surface area (Å²) in [6.45, 7) is 9.20. The molecule has 11 nitrogen and oxygen atoms in total. The molecule has 222 valence electrons. The molecular weight excluding hydrogens is 564 g/mol. The Balaban J connectivity index is 1.48. The summed E-state index contributed by atoms with van der Waals surface area (Å²) in [6.07, 6.45) is 0.442. The highest BCUT2D eigenvalue weighted by Crippen LogP contribution is 2.31. The Hall–Kier alpha value is -4.38. The highest BCUT2D eigenvalue weighted by Gasteiger charge is 2.39. The molecule has 0 aromatic heterocycles. The van der Waals surface area contributed by atoms with Crippen LogP contribution in [0.1, 0.15) is 55.1 Å². The molecule has 42 heavy (non-hydrogen) atoms. The van der Waals surface area contributed by atoms with E-state index in [4.69, 9.17) is 21.1 Å². The van der Waals surface area contributed by atoms with Crippen LogP contribution in [0.25, 0.3) is 0 Å². The maximum absolute atomic E-state index is 13.4. The van der Waals surface area contributed by atoms with Gasteiger partial charge in [-0.15, -0.1) is 0 Å². The highest BCUT2D eigenvalue weighted by molar-refractivity contribution is 6.32. The van der Waals surface area contributed by atoms with Gasteiger partial charge in [0.05, 0.1) is 18.7 Å². The highest BCUT2D eigenvalue weighted by atomic mass is 35.5. The zero-order chi connectivity index (χ0) is 30.8. The number of fused-ring (bicyclic) bond motifs is 1. The fraction of sp³-hybridized carbons (Fsp3) is 0.367. The zero-order valence-electron chi connectivity index (χ0n) is 23.9. The molecule has 0 aliphatic carbocycles. The Labute approximate surface area is 248 Å². The van der Waals surface area contributed by atoms with E-state index in [0.29, 0.717) is 22.6 Å². The van der Waals surface area contributed by atoms with Gasteiger partial charge in [-0.3, -0.25) is 24.6 Å². The lowest BCUT2D eigenvalue weighted by atomic mass is 10.0. The van der Waals surface area contributed by atoms with Crippen molar-refractivity contribution in [2.45, 2.75) is 58.3 Å². The molecule has 0 radical (unpaired) electrons. The number of hydrogen-bond donors (Lipinski definition) is 2. The van der Waals surface area contributed by atoms with Crippen LogP contribution >= 0.6 is 11.6 Å². The number of nitrogens with one attached hydrogen (secondary N) is 2. The van der Waals surface area contributed by atoms with Gasteiger partial charge in [0, 0.05) is 36.3 Å². The third kappa shape index (κ3) is 6.91. The normalized spacial score (nSPS) is 16.5. The zero-order valence-corrected chi connectivity index (χ0v) is 24.7. The van der Waals surface area contributed by atoms with E-state index in [1.54, 1.807) is 57.2 Å². The first-order chi connectivity index (χ1) is 19.8. The van der Waals surface area contributed by atoms with Crippen LogP contribution in [0.5, 0.6) is 5.75 Å². The number of esters is 1. The fourth-order valence-electron chi connectivity index (χ4n) is 4.72. The van der Waals surface area contributed by atoms with E-state index in [1.165, 1.54) is 16.9 Å². The quantitative estimate of drug-likeness (QED) is 0.269. The summed E-state index contributed by atoms with van der Waals surface area (Å²) < 4.78 is 10.6. The standard InChI is InChI=1S/C30H33ClN4O7/c1-17(28(39)42-30(2,3)4)15-34(20-7-10-24(41-5)22(31)13-20)29(40)32-14-18-6-8-21-19(12-18)16-35(27(21)38)23-9-11-25(36)33-26(23)37/h6-8,10,12-13,23H,1,9,11,14-16H2,2-5H3,(H,32,40)(H,33,36,37). The van der Waals surface area contributed by atoms with E-state index < -0.39 is 29.6 Å². The number of carbonyl (C=O) groups excluding carboxylic acids is 5. The van der Waals surface area contributed by atoms with Crippen molar-refractivity contribution in [3.05, 3.63) is 70.3 Å². The van der Waals surface area contributed by atoms with Crippen molar-refractivity contribution in [1.29, 1.82) is 0 Å². The SMILES string of the molecule is C=C(CN(C(=O)NCc1ccc2c(c1)CN(C1CCC(=O)NC1=O)C2=O)c1ccc(OC)c(Cl)c1)C(=O)OC(C)(C)C. The molecule has 1 atom stereocenters. The number of benzene rings is 2. The molecule has 0 spiro atoms. The van der Waals surface area contributed by atoms with Crippen LogP contribution in [0.3, 0.4) is 0 Å². The molecule has 2 aromatic rings. The maximum Gasteiger partial charge on any atom is 0.335 e. The molecule has 2 aliphatic heterocycles. The number of halogens is 1. The summed E-state index contributed by atoms with van der Waals surface area (Å²) in [5.74, 6) is -1.32. The van der Waals surface area contributed by atoms with Crippen molar-refractivity contribution in [2.24, 2.45) is 0 Å². The molecule has 0 saturated carbocycles. The van der Waals surface area contributed by atoms with Crippen molar-refractivity contribution in [1.82, 2.24) is 15.5 Å². The first-order valence-corrected chi connectivity index (χ1v) is 13.7. The molecular formula is C30H33ClN4O7. The van der Waals surface area contributed by atoms with E-state index >= 15 is 0 Å². The van der Waals surface area contributed by atoms with Crippen LogP contribution in [0.15, 0.2) is 48.6 Å². The first-order valence-electron chi connectivity index (χ1n) is 13.3. The van der Waals surface area contributed by atoms with E-state index in [0.717, 1.165) is 5.56 Å². The predicted octanol–water partition coefficient (Wildman–Crippen LogP) is 3.72. The monoisotopic (exact) mass is 596 g/mol. The minimum absolute atomic E-state index is 0.0663. The average Bonchev–Trinajstić information content (AvgIpc) is 3.24. The molecule has 2 aliphatic rings. The van der Waals surface area contributed by atoms with Gasteiger partial charge < -0.3 is 19.7 Å².